The van der Waals surface area contributed by atoms with E-state index in [9.17, 15) is 39.5 Å². The van der Waals surface area contributed by atoms with Crippen molar-refractivity contribution in [3.8, 4) is 0 Å². The van der Waals surface area contributed by atoms with Gasteiger partial charge >= 0.3 is 32.5 Å². The lowest BCUT2D eigenvalue weighted by Crippen LogP contribution is -2.61. The first-order valence-electron chi connectivity index (χ1n) is 7.12. The van der Waals surface area contributed by atoms with Crippen molar-refractivity contribution in [1.82, 2.24) is 0 Å². The molecule has 0 aliphatic rings. The van der Waals surface area contributed by atoms with E-state index in [1.807, 2.05) is 0 Å². The van der Waals surface area contributed by atoms with E-state index >= 15 is 0 Å². The van der Waals surface area contributed by atoms with Crippen LogP contribution >= 0.6 is 0 Å². The van der Waals surface area contributed by atoms with Crippen molar-refractivity contribution in [2.45, 2.75) is 63.2 Å². The van der Waals surface area contributed by atoms with Gasteiger partial charge in [0.25, 0.3) is 0 Å². The molecule has 0 saturated carbocycles. The van der Waals surface area contributed by atoms with Gasteiger partial charge in [-0.1, -0.05) is 6.92 Å². The largest absolute Gasteiger partial charge is 0.460 e. The van der Waals surface area contributed by atoms with Crippen molar-refractivity contribution in [2.75, 3.05) is 13.2 Å². The predicted octanol–water partition coefficient (Wildman–Crippen LogP) is 5.38. The highest BCUT2D eigenvalue weighted by molar-refractivity contribution is 6.67. The van der Waals surface area contributed by atoms with Crippen LogP contribution in [-0.2, 0) is 8.85 Å². The molecule has 0 spiro atoms. The molecule has 2 nitrogen and oxygen atoms in total. The Morgan fingerprint density at radius 2 is 1.12 bits per heavy atom. The molecule has 0 saturated heterocycles. The Bertz CT molecular complexity index is 392. The summed E-state index contributed by atoms with van der Waals surface area (Å²) in [5.41, 5.74) is 0. The molecule has 0 rings (SSSR count). The third kappa shape index (κ3) is 4.57. The van der Waals surface area contributed by atoms with Crippen LogP contribution in [-0.4, -0.2) is 45.7 Å². The zero-order chi connectivity index (χ0) is 19.4. The molecule has 146 valence electrons. The molecule has 0 N–H and O–H groups in total. The average molecular weight is 394 g/mol. The molecule has 0 aliphatic heterocycles. The molecule has 0 amide bonds. The van der Waals surface area contributed by atoms with E-state index < -0.39 is 45.0 Å². The first-order chi connectivity index (χ1) is 10.6. The Kier molecular flexibility index (Phi) is 7.65. The van der Waals surface area contributed by atoms with Gasteiger partial charge in [0.2, 0.25) is 0 Å². The minimum absolute atomic E-state index is 0.000731. The summed E-state index contributed by atoms with van der Waals surface area (Å²) in [6, 6.07) is -0.798. The van der Waals surface area contributed by atoms with Crippen LogP contribution < -0.4 is 0 Å². The summed E-state index contributed by atoms with van der Waals surface area (Å²) in [5, 5.41) is 0. The van der Waals surface area contributed by atoms with E-state index in [2.05, 4.69) is 0 Å². The fraction of sp³-hybridized carbons (Fsp3) is 1.00. The van der Waals surface area contributed by atoms with Crippen molar-refractivity contribution in [3.63, 3.8) is 0 Å². The molecule has 0 aromatic heterocycles. The SMILES string of the molecule is CCO[Si](CC)(CCC(F)(F)C(F)(F)C(F)(F)C(F)(F)F)OCC. The Morgan fingerprint density at radius 1 is 0.708 bits per heavy atom. The molecule has 24 heavy (non-hydrogen) atoms. The molecule has 0 heterocycles. The molecule has 0 atom stereocenters. The zero-order valence-corrected chi connectivity index (χ0v) is 14.3. The van der Waals surface area contributed by atoms with Crippen molar-refractivity contribution in [1.29, 1.82) is 0 Å². The minimum Gasteiger partial charge on any atom is -0.394 e. The van der Waals surface area contributed by atoms with Gasteiger partial charge in [0.05, 0.1) is 0 Å². The highest BCUT2D eigenvalue weighted by Gasteiger charge is 2.81. The van der Waals surface area contributed by atoms with E-state index in [0.717, 1.165) is 0 Å². The number of hydrogen-bond acceptors (Lipinski definition) is 2. The Balaban J connectivity index is 5.45. The lowest BCUT2D eigenvalue weighted by Gasteiger charge is -2.35. The molecule has 0 unspecified atom stereocenters. The van der Waals surface area contributed by atoms with Gasteiger partial charge in [-0.25, -0.2) is 0 Å². The van der Waals surface area contributed by atoms with E-state index in [1.165, 1.54) is 20.8 Å². The second kappa shape index (κ2) is 7.81. The Labute approximate surface area is 134 Å². The lowest BCUT2D eigenvalue weighted by atomic mass is 10.0. The third-order valence-corrected chi connectivity index (χ3v) is 7.10. The molecule has 0 radical (unpaired) electrons. The molecule has 0 aromatic rings. The van der Waals surface area contributed by atoms with Gasteiger partial charge in [-0.15, -0.1) is 0 Å². The van der Waals surface area contributed by atoms with Crippen LogP contribution in [0.1, 0.15) is 27.2 Å². The minimum atomic E-state index is -6.86. The zero-order valence-electron chi connectivity index (χ0n) is 13.3. The normalized spacial score (nSPS) is 15.0. The van der Waals surface area contributed by atoms with E-state index in [1.54, 1.807) is 0 Å². The van der Waals surface area contributed by atoms with Crippen LogP contribution in [0.5, 0.6) is 0 Å². The summed E-state index contributed by atoms with van der Waals surface area (Å²) < 4.78 is 126. The van der Waals surface area contributed by atoms with E-state index in [-0.39, 0.29) is 19.3 Å². The molecule has 0 aromatic carbocycles. The first-order valence-corrected chi connectivity index (χ1v) is 9.35. The third-order valence-electron chi connectivity index (χ3n) is 3.38. The smallest absolute Gasteiger partial charge is 0.394 e. The van der Waals surface area contributed by atoms with E-state index in [0.29, 0.717) is 0 Å². The Morgan fingerprint density at radius 3 is 1.42 bits per heavy atom. The molecular formula is C12H19F9O2Si. The number of alkyl halides is 9. The predicted molar refractivity (Wildman–Crippen MR) is 69.8 cm³/mol. The maximum atomic E-state index is 13.6. The summed E-state index contributed by atoms with van der Waals surface area (Å²) in [6.07, 6.45) is -8.72. The second-order valence-corrected chi connectivity index (χ2v) is 8.59. The maximum Gasteiger partial charge on any atom is 0.460 e. The second-order valence-electron chi connectivity index (χ2n) is 4.98. The van der Waals surface area contributed by atoms with Crippen LogP contribution in [0.15, 0.2) is 0 Å². The Hall–Kier alpha value is -0.493. The highest BCUT2D eigenvalue weighted by atomic mass is 28.4. The monoisotopic (exact) mass is 394 g/mol. The number of rotatable bonds is 10. The summed E-state index contributed by atoms with van der Waals surface area (Å²) >= 11 is 0. The lowest BCUT2D eigenvalue weighted by molar-refractivity contribution is -0.396. The van der Waals surface area contributed by atoms with Crippen LogP contribution in [0.25, 0.3) is 0 Å². The molecule has 0 fully saturated rings. The first kappa shape index (κ1) is 23.5. The summed E-state index contributed by atoms with van der Waals surface area (Å²) in [5.74, 6) is -19.0. The summed E-state index contributed by atoms with van der Waals surface area (Å²) in [4.78, 5) is 0. The fourth-order valence-electron chi connectivity index (χ4n) is 2.01. The number of hydrogen-bond donors (Lipinski definition) is 0. The summed E-state index contributed by atoms with van der Waals surface area (Å²) in [7, 11) is -3.40. The summed E-state index contributed by atoms with van der Waals surface area (Å²) in [6.45, 7) is 4.45. The molecule has 0 bridgehead atoms. The van der Waals surface area contributed by atoms with Crippen LogP contribution in [0.2, 0.25) is 12.1 Å². The highest BCUT2D eigenvalue weighted by Crippen LogP contribution is 2.54. The van der Waals surface area contributed by atoms with Gasteiger partial charge in [-0.2, -0.15) is 39.5 Å². The van der Waals surface area contributed by atoms with Crippen molar-refractivity contribution >= 4 is 8.56 Å². The molecule has 0 aliphatic carbocycles. The van der Waals surface area contributed by atoms with Crippen LogP contribution in [0.3, 0.4) is 0 Å². The topological polar surface area (TPSA) is 18.5 Å². The quantitative estimate of drug-likeness (QED) is 0.366. The van der Waals surface area contributed by atoms with Gasteiger partial charge in [0.1, 0.15) is 0 Å². The van der Waals surface area contributed by atoms with E-state index in [4.69, 9.17) is 8.85 Å². The van der Waals surface area contributed by atoms with Gasteiger partial charge in [0.15, 0.2) is 0 Å². The van der Waals surface area contributed by atoms with Gasteiger partial charge in [-0.05, 0) is 25.9 Å². The molecular weight excluding hydrogens is 375 g/mol. The van der Waals surface area contributed by atoms with Crippen molar-refractivity contribution in [2.24, 2.45) is 0 Å². The van der Waals surface area contributed by atoms with Crippen LogP contribution in [0.4, 0.5) is 39.5 Å². The average Bonchev–Trinajstić information content (AvgIpc) is 2.43. The number of halogens is 9. The van der Waals surface area contributed by atoms with Crippen molar-refractivity contribution in [3.05, 3.63) is 0 Å². The fourth-order valence-corrected chi connectivity index (χ4v) is 4.89. The van der Waals surface area contributed by atoms with Crippen molar-refractivity contribution < 1.29 is 48.4 Å². The van der Waals surface area contributed by atoms with Gasteiger partial charge in [0, 0.05) is 19.6 Å². The van der Waals surface area contributed by atoms with Gasteiger partial charge in [-0.3, -0.25) is 0 Å². The maximum absolute atomic E-state index is 13.6. The standard InChI is InChI=1S/C12H19F9O2Si/c1-4-22-24(6-3,23-5-2)8-7-9(13,14)10(15,16)11(17,18)12(19,20)21/h4-8H2,1-3H3. The molecule has 12 heteroatoms. The van der Waals surface area contributed by atoms with Crippen LogP contribution in [0, 0.1) is 0 Å². The van der Waals surface area contributed by atoms with Gasteiger partial charge < -0.3 is 8.85 Å².